The largest absolute Gasteiger partial charge is 0.354 e. The molecule has 1 aliphatic carbocycles. The molecule has 2 aromatic heterocycles. The third kappa shape index (κ3) is 3.00. The molecular formula is C18H24N4OS. The number of hydrogen-bond acceptors (Lipinski definition) is 4. The molecule has 24 heavy (non-hydrogen) atoms. The van der Waals surface area contributed by atoms with Crippen LogP contribution in [0.4, 0.5) is 0 Å². The minimum atomic E-state index is -0.167. The van der Waals surface area contributed by atoms with Gasteiger partial charge in [-0.15, -0.1) is 11.3 Å². The molecule has 3 N–H and O–H groups in total. The Morgan fingerprint density at radius 3 is 3.04 bits per heavy atom. The average molecular weight is 344 g/mol. The highest BCUT2D eigenvalue weighted by molar-refractivity contribution is 7.09. The summed E-state index contributed by atoms with van der Waals surface area (Å²) in [7, 11) is 0. The van der Waals surface area contributed by atoms with Gasteiger partial charge in [-0.3, -0.25) is 10.1 Å². The van der Waals surface area contributed by atoms with E-state index in [-0.39, 0.29) is 17.5 Å². The number of nitrogens with zero attached hydrogens (tertiary/aromatic N) is 1. The number of rotatable bonds is 4. The van der Waals surface area contributed by atoms with Crippen LogP contribution in [0.3, 0.4) is 0 Å². The van der Waals surface area contributed by atoms with Crippen LogP contribution in [0, 0.1) is 0 Å². The topological polar surface area (TPSA) is 69.8 Å². The van der Waals surface area contributed by atoms with Gasteiger partial charge in [-0.05, 0) is 30.7 Å². The summed E-state index contributed by atoms with van der Waals surface area (Å²) in [5.41, 5.74) is 2.17. The summed E-state index contributed by atoms with van der Waals surface area (Å²) in [6, 6.07) is 4.00. The Bertz CT molecular complexity index is 688. The van der Waals surface area contributed by atoms with Crippen molar-refractivity contribution in [2.24, 2.45) is 0 Å². The van der Waals surface area contributed by atoms with E-state index in [1.54, 1.807) is 17.7 Å². The second-order valence-corrected chi connectivity index (χ2v) is 7.93. The molecule has 1 spiro atoms. The first-order valence-electron chi connectivity index (χ1n) is 8.87. The second kappa shape index (κ2) is 6.69. The molecule has 0 bridgehead atoms. The Morgan fingerprint density at radius 1 is 1.38 bits per heavy atom. The van der Waals surface area contributed by atoms with Crippen molar-refractivity contribution in [2.45, 2.75) is 56.5 Å². The van der Waals surface area contributed by atoms with Crippen LogP contribution in [-0.4, -0.2) is 28.5 Å². The van der Waals surface area contributed by atoms with E-state index in [1.807, 2.05) is 0 Å². The second-order valence-electron chi connectivity index (χ2n) is 6.89. The molecule has 6 heteroatoms. The Morgan fingerprint density at radius 2 is 2.25 bits per heavy atom. The van der Waals surface area contributed by atoms with Gasteiger partial charge in [0.2, 0.25) is 5.91 Å². The SMILES string of the molecule is O=C(NCCc1cccs1)[C@@H]1Cc2[nH]cnc2C2(CCCCC2)N1. The predicted molar refractivity (Wildman–Crippen MR) is 95.0 cm³/mol. The first-order chi connectivity index (χ1) is 11.8. The molecule has 128 valence electrons. The zero-order valence-corrected chi connectivity index (χ0v) is 14.6. The zero-order chi connectivity index (χ0) is 16.4. The van der Waals surface area contributed by atoms with Crippen molar-refractivity contribution >= 4 is 17.2 Å². The fourth-order valence-corrected chi connectivity index (χ4v) is 4.84. The van der Waals surface area contributed by atoms with E-state index in [0.717, 1.165) is 30.7 Å². The number of H-pyrrole nitrogens is 1. The molecule has 1 atom stereocenters. The first-order valence-corrected chi connectivity index (χ1v) is 9.75. The van der Waals surface area contributed by atoms with Crippen molar-refractivity contribution in [3.63, 3.8) is 0 Å². The molecular weight excluding hydrogens is 320 g/mol. The molecule has 1 fully saturated rings. The van der Waals surface area contributed by atoms with Gasteiger partial charge in [-0.1, -0.05) is 25.3 Å². The monoisotopic (exact) mass is 344 g/mol. The third-order valence-corrected chi connectivity index (χ3v) is 6.24. The molecule has 5 nitrogen and oxygen atoms in total. The summed E-state index contributed by atoms with van der Waals surface area (Å²) < 4.78 is 0. The van der Waals surface area contributed by atoms with E-state index in [4.69, 9.17) is 0 Å². The molecule has 2 aliphatic rings. The Kier molecular flexibility index (Phi) is 4.41. The van der Waals surface area contributed by atoms with Gasteiger partial charge in [0, 0.05) is 23.5 Å². The summed E-state index contributed by atoms with van der Waals surface area (Å²) in [4.78, 5) is 21.8. The molecule has 3 heterocycles. The minimum Gasteiger partial charge on any atom is -0.354 e. The van der Waals surface area contributed by atoms with Crippen molar-refractivity contribution in [3.8, 4) is 0 Å². The van der Waals surface area contributed by atoms with Crippen LogP contribution < -0.4 is 10.6 Å². The molecule has 0 aromatic carbocycles. The molecule has 2 aromatic rings. The average Bonchev–Trinajstić information content (AvgIpc) is 3.27. The van der Waals surface area contributed by atoms with Crippen molar-refractivity contribution in [1.29, 1.82) is 0 Å². The van der Waals surface area contributed by atoms with Crippen LogP contribution in [0.25, 0.3) is 0 Å². The van der Waals surface area contributed by atoms with Gasteiger partial charge in [-0.2, -0.15) is 0 Å². The Balaban J connectivity index is 1.43. The zero-order valence-electron chi connectivity index (χ0n) is 13.8. The number of aromatic amines is 1. The normalized spacial score (nSPS) is 22.2. The number of amides is 1. The van der Waals surface area contributed by atoms with Gasteiger partial charge in [-0.25, -0.2) is 4.98 Å². The number of imidazole rings is 1. The molecule has 1 saturated carbocycles. The number of carbonyl (C=O) groups excluding carboxylic acids is 1. The van der Waals surface area contributed by atoms with Gasteiger partial charge in [0.25, 0.3) is 0 Å². The van der Waals surface area contributed by atoms with Crippen LogP contribution in [0.2, 0.25) is 0 Å². The van der Waals surface area contributed by atoms with Crippen molar-refractivity contribution in [2.75, 3.05) is 6.54 Å². The predicted octanol–water partition coefficient (Wildman–Crippen LogP) is 2.50. The van der Waals surface area contributed by atoms with E-state index in [2.05, 4.69) is 38.1 Å². The maximum atomic E-state index is 12.7. The van der Waals surface area contributed by atoms with E-state index < -0.39 is 0 Å². The molecule has 0 saturated heterocycles. The lowest BCUT2D eigenvalue weighted by Crippen LogP contribution is -2.59. The highest BCUT2D eigenvalue weighted by Gasteiger charge is 2.44. The molecule has 1 aliphatic heterocycles. The quantitative estimate of drug-likeness (QED) is 0.798. The Labute approximate surface area is 146 Å². The van der Waals surface area contributed by atoms with E-state index in [1.165, 1.54) is 24.1 Å². The van der Waals surface area contributed by atoms with Crippen LogP contribution in [0.5, 0.6) is 0 Å². The van der Waals surface area contributed by atoms with Crippen LogP contribution >= 0.6 is 11.3 Å². The summed E-state index contributed by atoms with van der Waals surface area (Å²) in [5.74, 6) is 0.108. The van der Waals surface area contributed by atoms with Gasteiger partial charge >= 0.3 is 0 Å². The number of carbonyl (C=O) groups is 1. The lowest BCUT2D eigenvalue weighted by atomic mass is 9.75. The van der Waals surface area contributed by atoms with Crippen LogP contribution in [0.15, 0.2) is 23.8 Å². The summed E-state index contributed by atoms with van der Waals surface area (Å²) in [6.07, 6.45) is 9.20. The smallest absolute Gasteiger partial charge is 0.237 e. The number of thiophene rings is 1. The Hall–Kier alpha value is -1.66. The van der Waals surface area contributed by atoms with Crippen molar-refractivity contribution < 1.29 is 4.79 Å². The minimum absolute atomic E-state index is 0.108. The van der Waals surface area contributed by atoms with Crippen molar-refractivity contribution in [3.05, 3.63) is 40.1 Å². The number of nitrogens with one attached hydrogen (secondary N) is 3. The van der Waals surface area contributed by atoms with E-state index in [9.17, 15) is 4.79 Å². The number of fused-ring (bicyclic) bond motifs is 2. The van der Waals surface area contributed by atoms with Crippen molar-refractivity contribution in [1.82, 2.24) is 20.6 Å². The van der Waals surface area contributed by atoms with Gasteiger partial charge in [0.15, 0.2) is 0 Å². The fourth-order valence-electron chi connectivity index (χ4n) is 4.13. The summed E-state index contributed by atoms with van der Waals surface area (Å²) in [6.45, 7) is 0.695. The van der Waals surface area contributed by atoms with Gasteiger partial charge in [0.1, 0.15) is 0 Å². The number of aromatic nitrogens is 2. The molecule has 0 radical (unpaired) electrons. The third-order valence-electron chi connectivity index (χ3n) is 5.30. The van der Waals surface area contributed by atoms with E-state index in [0.29, 0.717) is 13.0 Å². The van der Waals surface area contributed by atoms with Gasteiger partial charge in [0.05, 0.1) is 23.6 Å². The molecule has 0 unspecified atom stereocenters. The molecule has 4 rings (SSSR count). The van der Waals surface area contributed by atoms with Crippen LogP contribution in [-0.2, 0) is 23.2 Å². The molecule has 1 amide bonds. The van der Waals surface area contributed by atoms with E-state index >= 15 is 0 Å². The highest BCUT2D eigenvalue weighted by atomic mass is 32.1. The lowest BCUT2D eigenvalue weighted by Gasteiger charge is -2.43. The lowest BCUT2D eigenvalue weighted by molar-refractivity contribution is -0.124. The maximum Gasteiger partial charge on any atom is 0.237 e. The number of hydrogen-bond donors (Lipinski definition) is 3. The fraction of sp³-hybridized carbons (Fsp3) is 0.556. The standard InChI is InChI=1S/C18H24N4OS/c23-17(19-9-6-13-5-4-10-24-13)15-11-14-16(21-12-20-14)18(22-15)7-2-1-3-8-18/h4-5,10,12,15,22H,1-3,6-9,11H2,(H,19,23)(H,20,21)/t15-/m0/s1. The summed E-state index contributed by atoms with van der Waals surface area (Å²) >= 11 is 1.74. The van der Waals surface area contributed by atoms with Crippen LogP contribution in [0.1, 0.15) is 48.4 Å². The highest BCUT2D eigenvalue weighted by Crippen LogP contribution is 2.40. The van der Waals surface area contributed by atoms with Gasteiger partial charge < -0.3 is 10.3 Å². The first kappa shape index (κ1) is 15.8. The summed E-state index contributed by atoms with van der Waals surface area (Å²) in [5, 5.41) is 8.85. The maximum absolute atomic E-state index is 12.7.